The number of pyridine rings is 1. The Kier molecular flexibility index (Phi) is 4.88. The first-order valence-corrected chi connectivity index (χ1v) is 8.95. The summed E-state index contributed by atoms with van der Waals surface area (Å²) in [6.07, 6.45) is 2.08. The van der Waals surface area contributed by atoms with E-state index in [0.29, 0.717) is 31.9 Å². The number of ether oxygens (including phenoxy) is 3. The molecule has 0 aromatic carbocycles. The fourth-order valence-corrected chi connectivity index (χ4v) is 3.86. The Balaban J connectivity index is 1.84. The summed E-state index contributed by atoms with van der Waals surface area (Å²) in [5.74, 6) is 0.548. The summed E-state index contributed by atoms with van der Waals surface area (Å²) in [7, 11) is 1.57. The van der Waals surface area contributed by atoms with Crippen LogP contribution in [0.25, 0.3) is 0 Å². The maximum Gasteiger partial charge on any atom is 0.410 e. The number of hydrogen-bond acceptors (Lipinski definition) is 6. The van der Waals surface area contributed by atoms with Crippen molar-refractivity contribution < 1.29 is 24.1 Å². The van der Waals surface area contributed by atoms with Gasteiger partial charge in [0.1, 0.15) is 5.60 Å². The lowest BCUT2D eigenvalue weighted by Gasteiger charge is -2.51. The number of amides is 1. The van der Waals surface area contributed by atoms with Crippen LogP contribution in [0.15, 0.2) is 12.3 Å². The topological polar surface area (TPSA) is 81.1 Å². The molecule has 26 heavy (non-hydrogen) atoms. The number of methoxy groups -OCH3 is 1. The van der Waals surface area contributed by atoms with Gasteiger partial charge in [0.25, 0.3) is 0 Å². The Bertz CT molecular complexity index is 671. The molecule has 2 unspecified atom stereocenters. The lowest BCUT2D eigenvalue weighted by atomic mass is 9.77. The van der Waals surface area contributed by atoms with Crippen molar-refractivity contribution in [3.63, 3.8) is 0 Å². The third kappa shape index (κ3) is 3.64. The highest BCUT2D eigenvalue weighted by molar-refractivity contribution is 5.69. The molecule has 7 heteroatoms. The van der Waals surface area contributed by atoms with Crippen molar-refractivity contribution in [1.29, 1.82) is 0 Å². The van der Waals surface area contributed by atoms with E-state index in [9.17, 15) is 9.90 Å². The van der Waals surface area contributed by atoms with Gasteiger partial charge in [0, 0.05) is 30.2 Å². The van der Waals surface area contributed by atoms with E-state index in [2.05, 4.69) is 4.98 Å². The van der Waals surface area contributed by atoms with Crippen LogP contribution in [0.3, 0.4) is 0 Å². The molecule has 2 aliphatic rings. The summed E-state index contributed by atoms with van der Waals surface area (Å²) >= 11 is 0. The quantitative estimate of drug-likeness (QED) is 0.868. The number of aryl methyl sites for hydroxylation is 1. The van der Waals surface area contributed by atoms with E-state index in [4.69, 9.17) is 14.2 Å². The zero-order valence-corrected chi connectivity index (χ0v) is 16.1. The largest absolute Gasteiger partial charge is 0.481 e. The van der Waals surface area contributed by atoms with Crippen LogP contribution in [-0.4, -0.2) is 59.1 Å². The fourth-order valence-electron chi connectivity index (χ4n) is 3.86. The Morgan fingerprint density at radius 1 is 1.35 bits per heavy atom. The van der Waals surface area contributed by atoms with Gasteiger partial charge in [-0.05, 0) is 33.8 Å². The Hall–Kier alpha value is -1.86. The van der Waals surface area contributed by atoms with Crippen molar-refractivity contribution in [2.24, 2.45) is 0 Å². The van der Waals surface area contributed by atoms with Crippen molar-refractivity contribution in [1.82, 2.24) is 9.88 Å². The molecule has 2 atom stereocenters. The van der Waals surface area contributed by atoms with Gasteiger partial charge in [0.15, 0.2) is 0 Å². The number of aromatic nitrogens is 1. The van der Waals surface area contributed by atoms with Crippen LogP contribution in [0.2, 0.25) is 0 Å². The summed E-state index contributed by atoms with van der Waals surface area (Å²) in [4.78, 5) is 18.7. The second-order valence-electron chi connectivity index (χ2n) is 8.22. The molecule has 2 fully saturated rings. The summed E-state index contributed by atoms with van der Waals surface area (Å²) in [5.41, 5.74) is 0.00418. The fraction of sp³-hybridized carbons (Fsp3) is 0.684. The zero-order chi connectivity index (χ0) is 19.1. The Labute approximate surface area is 154 Å². The van der Waals surface area contributed by atoms with E-state index in [1.807, 2.05) is 33.8 Å². The van der Waals surface area contributed by atoms with Crippen LogP contribution in [0.1, 0.15) is 44.7 Å². The highest BCUT2D eigenvalue weighted by Crippen LogP contribution is 2.42. The molecule has 2 bridgehead atoms. The third-order valence-electron chi connectivity index (χ3n) is 4.92. The lowest BCUT2D eigenvalue weighted by molar-refractivity contribution is -0.141. The molecule has 0 saturated carbocycles. The number of carbonyl (C=O) groups is 1. The monoisotopic (exact) mass is 364 g/mol. The van der Waals surface area contributed by atoms with Gasteiger partial charge in [0.2, 0.25) is 5.88 Å². The van der Waals surface area contributed by atoms with Crippen molar-refractivity contribution in [3.8, 4) is 5.88 Å². The average Bonchev–Trinajstić information content (AvgIpc) is 2.52. The first kappa shape index (κ1) is 18.9. The molecule has 1 aromatic heterocycles. The van der Waals surface area contributed by atoms with Crippen molar-refractivity contribution >= 4 is 6.09 Å². The van der Waals surface area contributed by atoms with E-state index in [-0.39, 0.29) is 18.2 Å². The minimum Gasteiger partial charge on any atom is -0.481 e. The van der Waals surface area contributed by atoms with Gasteiger partial charge >= 0.3 is 6.09 Å². The van der Waals surface area contributed by atoms with Crippen LogP contribution < -0.4 is 4.74 Å². The van der Waals surface area contributed by atoms with Crippen LogP contribution >= 0.6 is 0 Å². The Morgan fingerprint density at radius 3 is 2.46 bits per heavy atom. The zero-order valence-electron chi connectivity index (χ0n) is 16.1. The third-order valence-corrected chi connectivity index (χ3v) is 4.92. The van der Waals surface area contributed by atoms with Crippen LogP contribution in [0.4, 0.5) is 4.79 Å². The highest BCUT2D eigenvalue weighted by atomic mass is 16.6. The van der Waals surface area contributed by atoms with Gasteiger partial charge in [-0.3, -0.25) is 4.90 Å². The van der Waals surface area contributed by atoms with Crippen molar-refractivity contribution in [3.05, 3.63) is 23.4 Å². The minimum atomic E-state index is -1.05. The predicted octanol–water partition coefficient (Wildman–Crippen LogP) is 2.38. The molecule has 144 valence electrons. The van der Waals surface area contributed by atoms with Crippen LogP contribution in [0.5, 0.6) is 5.88 Å². The van der Waals surface area contributed by atoms with Gasteiger partial charge in [-0.25, -0.2) is 9.78 Å². The number of nitrogens with zero attached hydrogens (tertiary/aromatic N) is 2. The minimum absolute atomic E-state index is 0.232. The number of rotatable bonds is 2. The average molecular weight is 364 g/mol. The van der Waals surface area contributed by atoms with E-state index in [0.717, 1.165) is 11.1 Å². The summed E-state index contributed by atoms with van der Waals surface area (Å²) in [6.45, 7) is 8.23. The van der Waals surface area contributed by atoms with Crippen molar-refractivity contribution in [2.45, 2.75) is 63.8 Å². The molecule has 0 radical (unpaired) electrons. The molecule has 1 amide bonds. The summed E-state index contributed by atoms with van der Waals surface area (Å²) < 4.78 is 16.4. The highest BCUT2D eigenvalue weighted by Gasteiger charge is 2.50. The van der Waals surface area contributed by atoms with E-state index >= 15 is 0 Å². The number of carbonyl (C=O) groups excluding carboxylic acids is 1. The number of hydrogen-bond donors (Lipinski definition) is 1. The molecule has 2 saturated heterocycles. The number of morpholine rings is 1. The summed E-state index contributed by atoms with van der Waals surface area (Å²) in [5, 5.41) is 11.4. The second-order valence-corrected chi connectivity index (χ2v) is 8.22. The van der Waals surface area contributed by atoms with Crippen molar-refractivity contribution in [2.75, 3.05) is 20.3 Å². The molecule has 0 spiro atoms. The van der Waals surface area contributed by atoms with E-state index in [1.54, 1.807) is 18.2 Å². The number of piperidine rings is 1. The van der Waals surface area contributed by atoms with E-state index < -0.39 is 11.2 Å². The summed E-state index contributed by atoms with van der Waals surface area (Å²) in [6, 6.07) is 1.44. The standard InChI is InChI=1S/C19H28N2O5/c1-12-6-13(9-20-16(12)24-5)19(23)7-14-10-25-11-15(8-19)21(14)17(22)26-18(2,3)4/h6,9,14-15,23H,7-8,10-11H2,1-5H3. The van der Waals surface area contributed by atoms with Gasteiger partial charge in [-0.15, -0.1) is 0 Å². The molecular formula is C19H28N2O5. The predicted molar refractivity (Wildman–Crippen MR) is 95.1 cm³/mol. The van der Waals surface area contributed by atoms with Gasteiger partial charge in [-0.2, -0.15) is 0 Å². The molecule has 1 N–H and O–H groups in total. The number of fused-ring (bicyclic) bond motifs is 2. The Morgan fingerprint density at radius 2 is 1.96 bits per heavy atom. The van der Waals surface area contributed by atoms with Gasteiger partial charge in [0.05, 0.1) is 38.0 Å². The maximum absolute atomic E-state index is 12.7. The SMILES string of the molecule is COc1ncc(C2(O)CC3COCC(C2)N3C(=O)OC(C)(C)C)cc1C. The maximum atomic E-state index is 12.7. The first-order chi connectivity index (χ1) is 12.1. The van der Waals surface area contributed by atoms with E-state index in [1.165, 1.54) is 0 Å². The molecule has 3 heterocycles. The normalized spacial score (nSPS) is 28.6. The van der Waals surface area contributed by atoms with Gasteiger partial charge < -0.3 is 19.3 Å². The van der Waals surface area contributed by atoms with Crippen LogP contribution in [-0.2, 0) is 15.1 Å². The smallest absolute Gasteiger partial charge is 0.410 e. The van der Waals surface area contributed by atoms with Crippen LogP contribution in [0, 0.1) is 6.92 Å². The molecule has 7 nitrogen and oxygen atoms in total. The van der Waals surface area contributed by atoms with Gasteiger partial charge in [-0.1, -0.05) is 0 Å². The lowest BCUT2D eigenvalue weighted by Crippen LogP contribution is -2.63. The first-order valence-electron chi connectivity index (χ1n) is 8.95. The molecule has 0 aliphatic carbocycles. The molecule has 2 aliphatic heterocycles. The molecular weight excluding hydrogens is 336 g/mol. The molecule has 3 rings (SSSR count). The number of aliphatic hydroxyl groups is 1. The molecule has 1 aromatic rings. The second kappa shape index (κ2) is 6.70.